The summed E-state index contributed by atoms with van der Waals surface area (Å²) in [6, 6.07) is 9.12. The van der Waals surface area contributed by atoms with Gasteiger partial charge in [0.15, 0.2) is 0 Å². The Morgan fingerprint density at radius 2 is 1.95 bits per heavy atom. The van der Waals surface area contributed by atoms with Gasteiger partial charge < -0.3 is 16.4 Å². The van der Waals surface area contributed by atoms with Crippen molar-refractivity contribution < 1.29 is 9.59 Å². The molecule has 2 unspecified atom stereocenters. The predicted molar refractivity (Wildman–Crippen MR) is 81.2 cm³/mol. The summed E-state index contributed by atoms with van der Waals surface area (Å²) in [6.07, 6.45) is 3.47. The van der Waals surface area contributed by atoms with E-state index in [2.05, 4.69) is 0 Å². The van der Waals surface area contributed by atoms with Gasteiger partial charge in [0.1, 0.15) is 6.04 Å². The Labute approximate surface area is 125 Å². The van der Waals surface area contributed by atoms with Gasteiger partial charge >= 0.3 is 0 Å². The van der Waals surface area contributed by atoms with Crippen LogP contribution in [0.2, 0.25) is 0 Å². The summed E-state index contributed by atoms with van der Waals surface area (Å²) in [5.74, 6) is -0.430. The maximum atomic E-state index is 12.3. The molecule has 2 amide bonds. The zero-order chi connectivity index (χ0) is 15.2. The molecule has 0 aliphatic carbocycles. The molecular weight excluding hydrogens is 266 g/mol. The van der Waals surface area contributed by atoms with E-state index >= 15 is 0 Å². The molecule has 2 atom stereocenters. The minimum absolute atomic E-state index is 0.0233. The first-order valence-corrected chi connectivity index (χ1v) is 7.49. The topological polar surface area (TPSA) is 89.4 Å². The maximum Gasteiger partial charge on any atom is 0.240 e. The number of hydrogen-bond acceptors (Lipinski definition) is 3. The van der Waals surface area contributed by atoms with Gasteiger partial charge in [-0.05, 0) is 31.2 Å². The van der Waals surface area contributed by atoms with Crippen molar-refractivity contribution in [3.63, 3.8) is 0 Å². The molecule has 1 aliphatic heterocycles. The van der Waals surface area contributed by atoms with Crippen molar-refractivity contribution in [1.29, 1.82) is 0 Å². The van der Waals surface area contributed by atoms with E-state index < -0.39 is 11.9 Å². The lowest BCUT2D eigenvalue weighted by Gasteiger charge is -2.34. The number of piperidine rings is 1. The fraction of sp³-hybridized carbons (Fsp3) is 0.500. The Hall–Kier alpha value is -1.88. The summed E-state index contributed by atoms with van der Waals surface area (Å²) in [6.45, 7) is 0.618. The highest BCUT2D eigenvalue weighted by Crippen LogP contribution is 2.20. The summed E-state index contributed by atoms with van der Waals surface area (Å²) in [7, 11) is 0. The monoisotopic (exact) mass is 289 g/mol. The minimum atomic E-state index is -0.445. The van der Waals surface area contributed by atoms with Crippen LogP contribution < -0.4 is 11.5 Å². The van der Waals surface area contributed by atoms with Crippen LogP contribution in [0.25, 0.3) is 0 Å². The highest BCUT2D eigenvalue weighted by atomic mass is 16.2. The summed E-state index contributed by atoms with van der Waals surface area (Å²) in [5.41, 5.74) is 12.5. The molecule has 1 fully saturated rings. The second-order valence-electron chi connectivity index (χ2n) is 5.56. The molecular formula is C16H23N3O2. The van der Waals surface area contributed by atoms with Gasteiger partial charge in [0.25, 0.3) is 0 Å². The predicted octanol–water partition coefficient (Wildman–Crippen LogP) is 1.33. The lowest BCUT2D eigenvalue weighted by molar-refractivity contribution is -0.141. The zero-order valence-electron chi connectivity index (χ0n) is 12.2. The molecule has 5 heteroatoms. The van der Waals surface area contributed by atoms with Gasteiger partial charge in [0, 0.05) is 19.0 Å². The molecule has 0 bridgehead atoms. The van der Waals surface area contributed by atoms with Gasteiger partial charge in [-0.25, -0.2) is 0 Å². The second kappa shape index (κ2) is 7.22. The van der Waals surface area contributed by atoms with Crippen LogP contribution in [0.1, 0.15) is 43.7 Å². The van der Waals surface area contributed by atoms with E-state index in [1.54, 1.807) is 4.90 Å². The van der Waals surface area contributed by atoms with Crippen LogP contribution in [-0.4, -0.2) is 29.3 Å². The minimum Gasteiger partial charge on any atom is -0.368 e. The number of benzene rings is 1. The van der Waals surface area contributed by atoms with Crippen LogP contribution >= 0.6 is 0 Å². The molecule has 2 rings (SSSR count). The van der Waals surface area contributed by atoms with Crippen LogP contribution in [0.4, 0.5) is 0 Å². The molecule has 0 radical (unpaired) electrons. The Morgan fingerprint density at radius 1 is 1.24 bits per heavy atom. The molecule has 114 valence electrons. The normalized spacial score (nSPS) is 20.0. The number of carbonyl (C=O) groups is 2. The quantitative estimate of drug-likeness (QED) is 0.857. The smallest absolute Gasteiger partial charge is 0.240 e. The Bertz CT molecular complexity index is 490. The molecule has 5 nitrogen and oxygen atoms in total. The van der Waals surface area contributed by atoms with Gasteiger partial charge in [-0.3, -0.25) is 9.59 Å². The average molecular weight is 289 g/mol. The van der Waals surface area contributed by atoms with Crippen molar-refractivity contribution in [3.8, 4) is 0 Å². The molecule has 1 aromatic carbocycles. The fourth-order valence-electron chi connectivity index (χ4n) is 2.82. The zero-order valence-corrected chi connectivity index (χ0v) is 12.2. The van der Waals surface area contributed by atoms with Crippen LogP contribution in [-0.2, 0) is 9.59 Å². The second-order valence-corrected chi connectivity index (χ2v) is 5.56. The van der Waals surface area contributed by atoms with Crippen LogP contribution in [0.15, 0.2) is 30.3 Å². The van der Waals surface area contributed by atoms with E-state index in [1.165, 1.54) is 0 Å². The molecule has 1 heterocycles. The van der Waals surface area contributed by atoms with Crippen molar-refractivity contribution >= 4 is 11.8 Å². The Balaban J connectivity index is 1.90. The number of carbonyl (C=O) groups excluding carboxylic acids is 2. The third-order valence-electron chi connectivity index (χ3n) is 4.05. The molecule has 0 spiro atoms. The van der Waals surface area contributed by atoms with Crippen molar-refractivity contribution in [3.05, 3.63) is 35.9 Å². The van der Waals surface area contributed by atoms with E-state index in [9.17, 15) is 9.59 Å². The van der Waals surface area contributed by atoms with E-state index in [-0.39, 0.29) is 11.9 Å². The van der Waals surface area contributed by atoms with Gasteiger partial charge in [-0.1, -0.05) is 30.3 Å². The number of primary amides is 1. The average Bonchev–Trinajstić information content (AvgIpc) is 2.53. The SMILES string of the molecule is NC(=O)C1CCCCN1C(=O)CCC(N)c1ccccc1. The Morgan fingerprint density at radius 3 is 2.62 bits per heavy atom. The molecule has 0 saturated carbocycles. The van der Waals surface area contributed by atoms with Crippen LogP contribution in [0.3, 0.4) is 0 Å². The Kier molecular flexibility index (Phi) is 5.33. The number of nitrogens with zero attached hydrogens (tertiary/aromatic N) is 1. The third kappa shape index (κ3) is 4.04. The van der Waals surface area contributed by atoms with Gasteiger partial charge in [0.05, 0.1) is 0 Å². The number of amides is 2. The molecule has 1 aromatic rings. The lowest BCUT2D eigenvalue weighted by Crippen LogP contribution is -2.50. The highest BCUT2D eigenvalue weighted by Gasteiger charge is 2.30. The van der Waals surface area contributed by atoms with Crippen LogP contribution in [0.5, 0.6) is 0 Å². The summed E-state index contributed by atoms with van der Waals surface area (Å²) in [4.78, 5) is 25.4. The number of hydrogen-bond donors (Lipinski definition) is 2. The maximum absolute atomic E-state index is 12.3. The van der Waals surface area contributed by atoms with Gasteiger partial charge in [-0.15, -0.1) is 0 Å². The van der Waals surface area contributed by atoms with Crippen molar-refractivity contribution in [1.82, 2.24) is 4.90 Å². The summed E-state index contributed by atoms with van der Waals surface area (Å²) >= 11 is 0. The van der Waals surface area contributed by atoms with Crippen molar-refractivity contribution in [2.75, 3.05) is 6.54 Å². The van der Waals surface area contributed by atoms with Gasteiger partial charge in [0.2, 0.25) is 11.8 Å². The fourth-order valence-corrected chi connectivity index (χ4v) is 2.82. The van der Waals surface area contributed by atoms with E-state index in [0.717, 1.165) is 18.4 Å². The van der Waals surface area contributed by atoms with Gasteiger partial charge in [-0.2, -0.15) is 0 Å². The highest BCUT2D eigenvalue weighted by molar-refractivity contribution is 5.86. The molecule has 1 aliphatic rings. The summed E-state index contributed by atoms with van der Waals surface area (Å²) < 4.78 is 0. The molecule has 21 heavy (non-hydrogen) atoms. The molecule has 1 saturated heterocycles. The number of likely N-dealkylation sites (tertiary alicyclic amines) is 1. The molecule has 4 N–H and O–H groups in total. The molecule has 0 aromatic heterocycles. The van der Waals surface area contributed by atoms with Crippen molar-refractivity contribution in [2.24, 2.45) is 11.5 Å². The third-order valence-corrected chi connectivity index (χ3v) is 4.05. The first kappa shape index (κ1) is 15.5. The van der Waals surface area contributed by atoms with Crippen molar-refractivity contribution in [2.45, 2.75) is 44.2 Å². The first-order chi connectivity index (χ1) is 10.1. The van der Waals surface area contributed by atoms with E-state index in [4.69, 9.17) is 11.5 Å². The number of nitrogens with two attached hydrogens (primary N) is 2. The standard InChI is InChI=1S/C16H23N3O2/c17-13(12-6-2-1-3-7-12)9-10-15(20)19-11-5-4-8-14(19)16(18)21/h1-3,6-7,13-14H,4-5,8-11,17H2,(H2,18,21). The largest absolute Gasteiger partial charge is 0.368 e. The van der Waals surface area contributed by atoms with E-state index in [1.807, 2.05) is 30.3 Å². The first-order valence-electron chi connectivity index (χ1n) is 7.49. The lowest BCUT2D eigenvalue weighted by atomic mass is 9.99. The van der Waals surface area contributed by atoms with Crippen LogP contribution in [0, 0.1) is 0 Å². The van der Waals surface area contributed by atoms with E-state index in [0.29, 0.717) is 25.8 Å². The number of rotatable bonds is 5. The summed E-state index contributed by atoms with van der Waals surface area (Å²) in [5, 5.41) is 0.